The second-order valence-electron chi connectivity index (χ2n) is 5.88. The Bertz CT molecular complexity index is 509. The van der Waals surface area contributed by atoms with Gasteiger partial charge in [-0.25, -0.2) is 4.39 Å². The van der Waals surface area contributed by atoms with E-state index in [0.717, 1.165) is 19.0 Å². The summed E-state index contributed by atoms with van der Waals surface area (Å²) in [6, 6.07) is 4.59. The van der Waals surface area contributed by atoms with Gasteiger partial charge >= 0.3 is 0 Å². The number of benzene rings is 1. The fraction of sp³-hybridized carbons (Fsp3) is 0.562. The summed E-state index contributed by atoms with van der Waals surface area (Å²) in [5, 5.41) is 0. The van der Waals surface area contributed by atoms with E-state index in [1.165, 1.54) is 38.3 Å². The van der Waals surface area contributed by atoms with Crippen LogP contribution in [0.3, 0.4) is 0 Å². The molecular formula is C16H20FNO2. The summed E-state index contributed by atoms with van der Waals surface area (Å²) in [4.78, 5) is 14.0. The normalized spacial score (nSPS) is 28.4. The first-order valence-corrected chi connectivity index (χ1v) is 7.31. The maximum absolute atomic E-state index is 13.2. The number of halogens is 1. The van der Waals surface area contributed by atoms with Gasteiger partial charge in [0, 0.05) is 6.04 Å². The summed E-state index contributed by atoms with van der Waals surface area (Å²) in [6.07, 6.45) is 3.77. The number of Topliss-reactive ketones (excluding diaryl/α,β-unsaturated/α-hetero) is 1. The molecule has 0 aliphatic carbocycles. The number of piperidine rings is 3. The van der Waals surface area contributed by atoms with E-state index in [1.807, 2.05) is 0 Å². The molecule has 0 amide bonds. The van der Waals surface area contributed by atoms with Gasteiger partial charge in [0.2, 0.25) is 0 Å². The molecule has 3 saturated heterocycles. The third-order valence-electron chi connectivity index (χ3n) is 4.52. The summed E-state index contributed by atoms with van der Waals surface area (Å²) in [5.74, 6) is 0.767. The van der Waals surface area contributed by atoms with Crippen LogP contribution in [0.25, 0.3) is 0 Å². The first-order chi connectivity index (χ1) is 9.63. The Morgan fingerprint density at radius 2 is 2.15 bits per heavy atom. The lowest BCUT2D eigenvalue weighted by Crippen LogP contribution is -2.51. The van der Waals surface area contributed by atoms with Gasteiger partial charge in [0.05, 0.1) is 5.56 Å². The Balaban J connectivity index is 1.68. The lowest BCUT2D eigenvalue weighted by Gasteiger charge is -2.45. The lowest BCUT2D eigenvalue weighted by atomic mass is 9.83. The number of ether oxygens (including phenoxy) is 1. The van der Waals surface area contributed by atoms with E-state index in [4.69, 9.17) is 4.74 Å². The van der Waals surface area contributed by atoms with Crippen LogP contribution in [-0.4, -0.2) is 36.4 Å². The highest BCUT2D eigenvalue weighted by Crippen LogP contribution is 2.32. The van der Waals surface area contributed by atoms with Crippen LogP contribution in [0.4, 0.5) is 4.39 Å². The molecule has 1 aromatic rings. The van der Waals surface area contributed by atoms with Crippen molar-refractivity contribution in [1.82, 2.24) is 4.90 Å². The molecule has 0 aromatic heterocycles. The number of ketones is 1. The van der Waals surface area contributed by atoms with Gasteiger partial charge in [0.15, 0.2) is 5.78 Å². The van der Waals surface area contributed by atoms with Crippen LogP contribution in [0.5, 0.6) is 5.75 Å². The number of rotatable bonds is 4. The first kappa shape index (κ1) is 13.6. The van der Waals surface area contributed by atoms with Crippen molar-refractivity contribution in [2.24, 2.45) is 5.92 Å². The van der Waals surface area contributed by atoms with Crippen molar-refractivity contribution >= 4 is 5.78 Å². The average Bonchev–Trinajstić information content (AvgIpc) is 2.47. The van der Waals surface area contributed by atoms with Crippen LogP contribution in [0, 0.1) is 11.7 Å². The summed E-state index contributed by atoms with van der Waals surface area (Å²) in [7, 11) is 0. The van der Waals surface area contributed by atoms with Crippen LogP contribution < -0.4 is 4.74 Å². The Labute approximate surface area is 118 Å². The molecule has 20 heavy (non-hydrogen) atoms. The van der Waals surface area contributed by atoms with Crippen molar-refractivity contribution in [2.45, 2.75) is 32.2 Å². The van der Waals surface area contributed by atoms with E-state index in [2.05, 4.69) is 4.90 Å². The smallest absolute Gasteiger partial charge is 0.163 e. The van der Waals surface area contributed by atoms with E-state index in [-0.39, 0.29) is 5.78 Å². The molecule has 0 radical (unpaired) electrons. The van der Waals surface area contributed by atoms with Gasteiger partial charge in [-0.1, -0.05) is 0 Å². The van der Waals surface area contributed by atoms with Gasteiger partial charge in [-0.05, 0) is 63.4 Å². The van der Waals surface area contributed by atoms with E-state index in [0.29, 0.717) is 24.0 Å². The predicted molar refractivity (Wildman–Crippen MR) is 74.6 cm³/mol. The van der Waals surface area contributed by atoms with E-state index in [1.54, 1.807) is 6.07 Å². The summed E-state index contributed by atoms with van der Waals surface area (Å²) in [6.45, 7) is 4.33. The Morgan fingerprint density at radius 3 is 2.75 bits per heavy atom. The molecule has 0 saturated carbocycles. The molecule has 1 atom stereocenters. The molecule has 4 heteroatoms. The lowest BCUT2D eigenvalue weighted by molar-refractivity contribution is 0.0236. The molecule has 2 bridgehead atoms. The minimum absolute atomic E-state index is 0.162. The highest BCUT2D eigenvalue weighted by Gasteiger charge is 2.33. The molecule has 3 heterocycles. The number of fused-ring (bicyclic) bond motifs is 3. The number of carbonyl (C=O) groups excluding carboxylic acids is 1. The topological polar surface area (TPSA) is 29.5 Å². The Kier molecular flexibility index (Phi) is 3.74. The van der Waals surface area contributed by atoms with Crippen LogP contribution in [0.2, 0.25) is 0 Å². The molecule has 1 aromatic carbocycles. The molecule has 3 fully saturated rings. The standard InChI is InChI=1S/C16H20FNO2/c1-11(19)15-9-13(17)2-3-16(15)20-10-14-8-12-4-6-18(14)7-5-12/h2-3,9,12,14H,4-8,10H2,1H3. The van der Waals surface area contributed by atoms with Gasteiger partial charge in [-0.3, -0.25) is 9.69 Å². The van der Waals surface area contributed by atoms with Gasteiger partial charge in [-0.2, -0.15) is 0 Å². The van der Waals surface area contributed by atoms with Crippen molar-refractivity contribution in [2.75, 3.05) is 19.7 Å². The van der Waals surface area contributed by atoms with Crippen LogP contribution in [0.1, 0.15) is 36.5 Å². The van der Waals surface area contributed by atoms with Gasteiger partial charge < -0.3 is 4.74 Å². The van der Waals surface area contributed by atoms with E-state index in [9.17, 15) is 9.18 Å². The molecule has 0 spiro atoms. The quantitative estimate of drug-likeness (QED) is 0.793. The zero-order chi connectivity index (χ0) is 14.1. The highest BCUT2D eigenvalue weighted by molar-refractivity contribution is 5.96. The molecule has 3 aliphatic heterocycles. The van der Waals surface area contributed by atoms with Gasteiger partial charge in [0.25, 0.3) is 0 Å². The first-order valence-electron chi connectivity index (χ1n) is 7.31. The van der Waals surface area contributed by atoms with Crippen molar-refractivity contribution in [1.29, 1.82) is 0 Å². The average molecular weight is 277 g/mol. The number of carbonyl (C=O) groups is 1. The van der Waals surface area contributed by atoms with Crippen molar-refractivity contribution in [3.8, 4) is 5.75 Å². The maximum Gasteiger partial charge on any atom is 0.163 e. The highest BCUT2D eigenvalue weighted by atomic mass is 19.1. The monoisotopic (exact) mass is 277 g/mol. The number of nitrogens with zero attached hydrogens (tertiary/aromatic N) is 1. The van der Waals surface area contributed by atoms with Crippen LogP contribution in [0.15, 0.2) is 18.2 Å². The van der Waals surface area contributed by atoms with Crippen molar-refractivity contribution in [3.05, 3.63) is 29.6 Å². The summed E-state index contributed by atoms with van der Waals surface area (Å²) >= 11 is 0. The second kappa shape index (κ2) is 5.52. The minimum Gasteiger partial charge on any atom is -0.491 e. The predicted octanol–water partition coefficient (Wildman–Crippen LogP) is 2.89. The van der Waals surface area contributed by atoms with Crippen molar-refractivity contribution in [3.63, 3.8) is 0 Å². The molecule has 3 nitrogen and oxygen atoms in total. The van der Waals surface area contributed by atoms with E-state index < -0.39 is 5.82 Å². The van der Waals surface area contributed by atoms with Gasteiger partial charge in [0.1, 0.15) is 18.2 Å². The van der Waals surface area contributed by atoms with Gasteiger partial charge in [-0.15, -0.1) is 0 Å². The Hall–Kier alpha value is -1.42. The third kappa shape index (κ3) is 2.70. The zero-order valence-corrected chi connectivity index (χ0v) is 11.8. The second-order valence-corrected chi connectivity index (χ2v) is 5.88. The fourth-order valence-corrected chi connectivity index (χ4v) is 3.35. The molecule has 4 rings (SSSR count). The molecule has 108 valence electrons. The largest absolute Gasteiger partial charge is 0.491 e. The number of hydrogen-bond donors (Lipinski definition) is 0. The SMILES string of the molecule is CC(=O)c1cc(F)ccc1OCC1CC2CCN1CC2. The minimum atomic E-state index is -0.400. The Morgan fingerprint density at radius 1 is 1.40 bits per heavy atom. The maximum atomic E-state index is 13.2. The third-order valence-corrected chi connectivity index (χ3v) is 4.52. The molecule has 3 aliphatic rings. The molecule has 0 N–H and O–H groups in total. The van der Waals surface area contributed by atoms with E-state index >= 15 is 0 Å². The molecular weight excluding hydrogens is 257 g/mol. The van der Waals surface area contributed by atoms with Crippen LogP contribution in [-0.2, 0) is 0 Å². The zero-order valence-electron chi connectivity index (χ0n) is 11.8. The summed E-state index contributed by atoms with van der Waals surface area (Å²) < 4.78 is 19.0. The van der Waals surface area contributed by atoms with Crippen LogP contribution >= 0.6 is 0 Å². The number of hydrogen-bond acceptors (Lipinski definition) is 3. The van der Waals surface area contributed by atoms with Crippen molar-refractivity contribution < 1.29 is 13.9 Å². The fourth-order valence-electron chi connectivity index (χ4n) is 3.35. The molecule has 1 unspecified atom stereocenters. The summed E-state index contributed by atoms with van der Waals surface area (Å²) in [5.41, 5.74) is 0.334.